The second-order valence-corrected chi connectivity index (χ2v) is 4.55. The smallest absolute Gasteiger partial charge is 0.323 e. The summed E-state index contributed by atoms with van der Waals surface area (Å²) in [5.74, 6) is -1.36. The Balaban J connectivity index is 2.46. The van der Waals surface area contributed by atoms with Crippen LogP contribution in [0.2, 0.25) is 0 Å². The maximum Gasteiger partial charge on any atom is 0.323 e. The number of likely N-dealkylation sites (N-methyl/N-ethyl adjacent to an activating group) is 1. The van der Waals surface area contributed by atoms with Crippen molar-refractivity contribution in [2.75, 3.05) is 20.2 Å². The number of ether oxygens (including phenoxy) is 1. The number of carbonyl (C=O) groups excluding carboxylic acids is 1. The van der Waals surface area contributed by atoms with E-state index in [4.69, 9.17) is 14.3 Å². The number of furan rings is 1. The summed E-state index contributed by atoms with van der Waals surface area (Å²) < 4.78 is 10.7. The predicted octanol–water partition coefficient (Wildman–Crippen LogP) is 2.13. The van der Waals surface area contributed by atoms with Crippen molar-refractivity contribution in [2.24, 2.45) is 0 Å². The average Bonchev–Trinajstić information content (AvgIpc) is 2.83. The van der Waals surface area contributed by atoms with Gasteiger partial charge in [-0.05, 0) is 13.0 Å². The minimum atomic E-state index is -1.06. The SMILES string of the molecule is CCN(CC(=O)O)C(=O)c1oc2ccccc2c1COC. The van der Waals surface area contributed by atoms with Crippen LogP contribution in [0.25, 0.3) is 11.0 Å². The molecule has 21 heavy (non-hydrogen) atoms. The van der Waals surface area contributed by atoms with Gasteiger partial charge in [0, 0.05) is 24.6 Å². The van der Waals surface area contributed by atoms with E-state index in [0.29, 0.717) is 11.1 Å². The Bertz CT molecular complexity index is 661. The van der Waals surface area contributed by atoms with E-state index in [2.05, 4.69) is 0 Å². The number of hydrogen-bond donors (Lipinski definition) is 1. The molecule has 0 atom stereocenters. The first kappa shape index (κ1) is 15.1. The van der Waals surface area contributed by atoms with Crippen LogP contribution in [0.15, 0.2) is 28.7 Å². The number of aliphatic carboxylic acids is 1. The Kier molecular flexibility index (Phi) is 4.59. The van der Waals surface area contributed by atoms with Crippen LogP contribution in [-0.4, -0.2) is 42.1 Å². The van der Waals surface area contributed by atoms with E-state index in [9.17, 15) is 9.59 Å². The van der Waals surface area contributed by atoms with Crippen LogP contribution >= 0.6 is 0 Å². The van der Waals surface area contributed by atoms with Gasteiger partial charge in [0.1, 0.15) is 12.1 Å². The Hall–Kier alpha value is -2.34. The summed E-state index contributed by atoms with van der Waals surface area (Å²) in [4.78, 5) is 24.5. The summed E-state index contributed by atoms with van der Waals surface area (Å²) >= 11 is 0. The minimum Gasteiger partial charge on any atom is -0.480 e. The molecule has 2 aromatic rings. The molecule has 1 aromatic carbocycles. The second kappa shape index (κ2) is 6.41. The van der Waals surface area contributed by atoms with E-state index in [1.165, 1.54) is 12.0 Å². The Labute approximate surface area is 121 Å². The van der Waals surface area contributed by atoms with Crippen LogP contribution < -0.4 is 0 Å². The second-order valence-electron chi connectivity index (χ2n) is 4.55. The van der Waals surface area contributed by atoms with Gasteiger partial charge in [0.2, 0.25) is 0 Å². The summed E-state index contributed by atoms with van der Waals surface area (Å²) in [7, 11) is 1.53. The highest BCUT2D eigenvalue weighted by Gasteiger charge is 2.25. The summed E-state index contributed by atoms with van der Waals surface area (Å²) in [6.45, 7) is 1.87. The van der Waals surface area contributed by atoms with E-state index in [-0.39, 0.29) is 25.5 Å². The van der Waals surface area contributed by atoms with Crippen molar-refractivity contribution in [1.82, 2.24) is 4.90 Å². The lowest BCUT2D eigenvalue weighted by Crippen LogP contribution is -2.35. The first-order chi connectivity index (χ1) is 10.1. The molecule has 6 nitrogen and oxygen atoms in total. The van der Waals surface area contributed by atoms with Gasteiger partial charge in [-0.2, -0.15) is 0 Å². The first-order valence-corrected chi connectivity index (χ1v) is 6.58. The van der Waals surface area contributed by atoms with Gasteiger partial charge in [0.25, 0.3) is 5.91 Å². The van der Waals surface area contributed by atoms with Gasteiger partial charge in [-0.3, -0.25) is 9.59 Å². The number of carboxylic acid groups (broad SMARTS) is 1. The zero-order valence-corrected chi connectivity index (χ0v) is 12.0. The highest BCUT2D eigenvalue weighted by molar-refractivity contribution is 6.00. The number of carboxylic acids is 1. The molecule has 0 aliphatic carbocycles. The molecule has 0 aliphatic rings. The van der Waals surface area contributed by atoms with E-state index >= 15 is 0 Å². The summed E-state index contributed by atoms with van der Waals surface area (Å²) in [5, 5.41) is 9.67. The van der Waals surface area contributed by atoms with Crippen LogP contribution in [0.3, 0.4) is 0 Å². The minimum absolute atomic E-state index is 0.140. The Morgan fingerprint density at radius 3 is 2.67 bits per heavy atom. The molecule has 6 heteroatoms. The third kappa shape index (κ3) is 3.05. The van der Waals surface area contributed by atoms with Crippen molar-refractivity contribution in [3.8, 4) is 0 Å². The third-order valence-electron chi connectivity index (χ3n) is 3.18. The molecule has 2 rings (SSSR count). The lowest BCUT2D eigenvalue weighted by atomic mass is 10.1. The average molecular weight is 291 g/mol. The fraction of sp³-hybridized carbons (Fsp3) is 0.333. The molecular formula is C15H17NO5. The maximum absolute atomic E-state index is 12.5. The number of fused-ring (bicyclic) bond motifs is 1. The number of hydrogen-bond acceptors (Lipinski definition) is 4. The van der Waals surface area contributed by atoms with Crippen LogP contribution in [0.4, 0.5) is 0 Å². The van der Waals surface area contributed by atoms with E-state index < -0.39 is 11.9 Å². The molecule has 1 aromatic heterocycles. The van der Waals surface area contributed by atoms with E-state index in [1.54, 1.807) is 13.0 Å². The normalized spacial score (nSPS) is 10.8. The van der Waals surface area contributed by atoms with Gasteiger partial charge < -0.3 is 19.2 Å². The molecule has 0 bridgehead atoms. The Morgan fingerprint density at radius 1 is 1.33 bits per heavy atom. The quantitative estimate of drug-likeness (QED) is 0.881. The molecule has 112 valence electrons. The molecule has 0 saturated heterocycles. The molecule has 1 N–H and O–H groups in total. The number of benzene rings is 1. The lowest BCUT2D eigenvalue weighted by molar-refractivity contribution is -0.137. The number of nitrogens with zero attached hydrogens (tertiary/aromatic N) is 1. The van der Waals surface area contributed by atoms with Crippen LogP contribution in [0, 0.1) is 0 Å². The van der Waals surface area contributed by atoms with Crippen LogP contribution in [-0.2, 0) is 16.1 Å². The molecule has 1 amide bonds. The van der Waals surface area contributed by atoms with Gasteiger partial charge in [-0.1, -0.05) is 18.2 Å². The Morgan fingerprint density at radius 2 is 2.05 bits per heavy atom. The molecule has 0 unspecified atom stereocenters. The highest BCUT2D eigenvalue weighted by Crippen LogP contribution is 2.27. The number of rotatable bonds is 6. The van der Waals surface area contributed by atoms with Gasteiger partial charge in [0.15, 0.2) is 5.76 Å². The van der Waals surface area contributed by atoms with Gasteiger partial charge in [-0.25, -0.2) is 0 Å². The summed E-state index contributed by atoms with van der Waals surface area (Å²) in [6.07, 6.45) is 0. The topological polar surface area (TPSA) is 80.0 Å². The predicted molar refractivity (Wildman–Crippen MR) is 76.1 cm³/mol. The zero-order valence-electron chi connectivity index (χ0n) is 12.0. The van der Waals surface area contributed by atoms with Gasteiger partial charge in [0.05, 0.1) is 6.61 Å². The van der Waals surface area contributed by atoms with Crippen molar-refractivity contribution in [3.63, 3.8) is 0 Å². The fourth-order valence-electron chi connectivity index (χ4n) is 2.19. The molecule has 0 radical (unpaired) electrons. The van der Waals surface area contributed by atoms with Crippen molar-refractivity contribution < 1.29 is 23.8 Å². The maximum atomic E-state index is 12.5. The number of methoxy groups -OCH3 is 1. The van der Waals surface area contributed by atoms with Crippen molar-refractivity contribution in [1.29, 1.82) is 0 Å². The van der Waals surface area contributed by atoms with Crippen molar-refractivity contribution in [3.05, 3.63) is 35.6 Å². The highest BCUT2D eigenvalue weighted by atomic mass is 16.5. The molecule has 0 fully saturated rings. The third-order valence-corrected chi connectivity index (χ3v) is 3.18. The van der Waals surface area contributed by atoms with Gasteiger partial charge in [-0.15, -0.1) is 0 Å². The zero-order chi connectivity index (χ0) is 15.4. The number of carbonyl (C=O) groups is 2. The molecule has 1 heterocycles. The summed E-state index contributed by atoms with van der Waals surface area (Å²) in [6, 6.07) is 7.27. The standard InChI is InChI=1S/C15H17NO5/c1-3-16(8-13(17)18)15(19)14-11(9-20-2)10-6-4-5-7-12(10)21-14/h4-7H,3,8-9H2,1-2H3,(H,17,18). The van der Waals surface area contributed by atoms with E-state index in [1.807, 2.05) is 18.2 Å². The van der Waals surface area contributed by atoms with Crippen molar-refractivity contribution >= 4 is 22.8 Å². The van der Waals surface area contributed by atoms with Crippen molar-refractivity contribution in [2.45, 2.75) is 13.5 Å². The lowest BCUT2D eigenvalue weighted by Gasteiger charge is -2.17. The monoisotopic (exact) mass is 291 g/mol. The number of amides is 1. The summed E-state index contributed by atoms with van der Waals surface area (Å²) in [5.41, 5.74) is 1.22. The molecular weight excluding hydrogens is 274 g/mol. The molecule has 0 spiro atoms. The van der Waals surface area contributed by atoms with Gasteiger partial charge >= 0.3 is 5.97 Å². The van der Waals surface area contributed by atoms with Crippen LogP contribution in [0.5, 0.6) is 0 Å². The van der Waals surface area contributed by atoms with Crippen LogP contribution in [0.1, 0.15) is 23.0 Å². The first-order valence-electron chi connectivity index (χ1n) is 6.58. The van der Waals surface area contributed by atoms with E-state index in [0.717, 1.165) is 5.39 Å². The number of para-hydroxylation sites is 1. The largest absolute Gasteiger partial charge is 0.480 e. The fourth-order valence-corrected chi connectivity index (χ4v) is 2.19. The molecule has 0 aliphatic heterocycles. The molecule has 0 saturated carbocycles.